The molecule has 130 valence electrons. The Morgan fingerprint density at radius 2 is 1.60 bits per heavy atom. The highest BCUT2D eigenvalue weighted by Crippen LogP contribution is 2.12. The van der Waals surface area contributed by atoms with Crippen molar-refractivity contribution in [3.63, 3.8) is 0 Å². The van der Waals surface area contributed by atoms with Gasteiger partial charge in [0.25, 0.3) is 0 Å². The molecule has 0 unspecified atom stereocenters. The second-order valence-corrected chi connectivity index (χ2v) is 5.36. The molecule has 6 nitrogen and oxygen atoms in total. The van der Waals surface area contributed by atoms with E-state index in [1.54, 1.807) is 13.8 Å². The van der Waals surface area contributed by atoms with Gasteiger partial charge in [0.05, 0.1) is 18.2 Å². The number of anilines is 1. The summed E-state index contributed by atoms with van der Waals surface area (Å²) in [4.78, 5) is 35.5. The van der Waals surface area contributed by atoms with Gasteiger partial charge in [-0.15, -0.1) is 0 Å². The van der Waals surface area contributed by atoms with Gasteiger partial charge >= 0.3 is 17.8 Å². The lowest BCUT2D eigenvalue weighted by atomic mass is 10.1. The maximum absolute atomic E-state index is 12.0. The first-order valence-corrected chi connectivity index (χ1v) is 7.95. The zero-order valence-electron chi connectivity index (χ0n) is 14.1. The quantitative estimate of drug-likeness (QED) is 0.647. The van der Waals surface area contributed by atoms with E-state index >= 15 is 0 Å². The van der Waals surface area contributed by atoms with Crippen LogP contribution in [0.2, 0.25) is 0 Å². The van der Waals surface area contributed by atoms with E-state index in [9.17, 15) is 14.4 Å². The SMILES string of the molecule is CCOC(=O)c1ccc(NC(=O)C(=O)N[C@@H](C)c2ccccc2)cc1. The molecular weight excluding hydrogens is 320 g/mol. The largest absolute Gasteiger partial charge is 0.462 e. The Labute approximate surface area is 146 Å². The Balaban J connectivity index is 1.92. The first-order chi connectivity index (χ1) is 12.0. The molecule has 2 aromatic rings. The number of ether oxygens (including phenoxy) is 1. The Morgan fingerprint density at radius 3 is 2.20 bits per heavy atom. The summed E-state index contributed by atoms with van der Waals surface area (Å²) in [7, 11) is 0. The number of benzene rings is 2. The van der Waals surface area contributed by atoms with Gasteiger partial charge in [0, 0.05) is 5.69 Å². The standard InChI is InChI=1S/C19H20N2O4/c1-3-25-19(24)15-9-11-16(12-10-15)21-18(23)17(22)20-13(2)14-7-5-4-6-8-14/h4-13H,3H2,1-2H3,(H,20,22)(H,21,23)/t13-/m0/s1. The van der Waals surface area contributed by atoms with Gasteiger partial charge in [-0.3, -0.25) is 9.59 Å². The Hall–Kier alpha value is -3.15. The summed E-state index contributed by atoms with van der Waals surface area (Å²) >= 11 is 0. The second kappa shape index (κ2) is 8.63. The Bertz CT molecular complexity index is 742. The molecule has 25 heavy (non-hydrogen) atoms. The summed E-state index contributed by atoms with van der Waals surface area (Å²) in [5, 5.41) is 5.13. The van der Waals surface area contributed by atoms with Gasteiger partial charge in [-0.1, -0.05) is 30.3 Å². The first kappa shape index (κ1) is 18.2. The summed E-state index contributed by atoms with van der Waals surface area (Å²) < 4.78 is 4.88. The Kier molecular flexibility index (Phi) is 6.28. The minimum absolute atomic E-state index is 0.286. The Morgan fingerprint density at radius 1 is 0.960 bits per heavy atom. The molecule has 2 N–H and O–H groups in total. The van der Waals surface area contributed by atoms with Crippen molar-refractivity contribution in [3.05, 3.63) is 65.7 Å². The van der Waals surface area contributed by atoms with Gasteiger partial charge in [-0.05, 0) is 43.7 Å². The van der Waals surface area contributed by atoms with Gasteiger partial charge in [0.15, 0.2) is 0 Å². The summed E-state index contributed by atoms with van der Waals surface area (Å²) in [6.07, 6.45) is 0. The number of nitrogens with one attached hydrogen (secondary N) is 2. The van der Waals surface area contributed by atoms with Crippen LogP contribution in [0.4, 0.5) is 5.69 Å². The molecule has 0 saturated carbocycles. The molecular formula is C19H20N2O4. The van der Waals surface area contributed by atoms with Crippen LogP contribution in [0.25, 0.3) is 0 Å². The molecule has 0 aromatic heterocycles. The molecule has 0 aliphatic carbocycles. The number of rotatable bonds is 5. The summed E-state index contributed by atoms with van der Waals surface area (Å²) in [5.74, 6) is -1.94. The molecule has 0 aliphatic rings. The molecule has 2 amide bonds. The van der Waals surface area contributed by atoms with Crippen LogP contribution < -0.4 is 10.6 Å². The number of hydrogen-bond donors (Lipinski definition) is 2. The highest BCUT2D eigenvalue weighted by Gasteiger charge is 2.17. The van der Waals surface area contributed by atoms with Crippen molar-refractivity contribution >= 4 is 23.5 Å². The summed E-state index contributed by atoms with van der Waals surface area (Å²) in [5.41, 5.74) is 1.70. The average molecular weight is 340 g/mol. The minimum atomic E-state index is -0.772. The van der Waals surface area contributed by atoms with Crippen molar-refractivity contribution in [2.45, 2.75) is 19.9 Å². The van der Waals surface area contributed by atoms with E-state index in [1.165, 1.54) is 24.3 Å². The third-order valence-electron chi connectivity index (χ3n) is 3.51. The van der Waals surface area contributed by atoms with Crippen LogP contribution in [-0.2, 0) is 14.3 Å². The van der Waals surface area contributed by atoms with Gasteiger partial charge in [-0.2, -0.15) is 0 Å². The van der Waals surface area contributed by atoms with Gasteiger partial charge in [0.1, 0.15) is 0 Å². The molecule has 0 spiro atoms. The molecule has 6 heteroatoms. The van der Waals surface area contributed by atoms with Crippen molar-refractivity contribution in [3.8, 4) is 0 Å². The predicted octanol–water partition coefficient (Wildman–Crippen LogP) is 2.68. The normalized spacial score (nSPS) is 11.3. The molecule has 2 aromatic carbocycles. The van der Waals surface area contributed by atoms with E-state index in [0.29, 0.717) is 11.3 Å². The smallest absolute Gasteiger partial charge is 0.338 e. The lowest BCUT2D eigenvalue weighted by molar-refractivity contribution is -0.136. The van der Waals surface area contributed by atoms with Crippen molar-refractivity contribution in [1.29, 1.82) is 0 Å². The van der Waals surface area contributed by atoms with E-state index in [1.807, 2.05) is 30.3 Å². The van der Waals surface area contributed by atoms with Crippen LogP contribution in [0.1, 0.15) is 35.8 Å². The summed E-state index contributed by atoms with van der Waals surface area (Å²) in [6, 6.07) is 15.2. The number of carbonyl (C=O) groups is 3. The average Bonchev–Trinajstić information content (AvgIpc) is 2.63. The molecule has 0 heterocycles. The lowest BCUT2D eigenvalue weighted by Gasteiger charge is -2.14. The minimum Gasteiger partial charge on any atom is -0.462 e. The topological polar surface area (TPSA) is 84.5 Å². The third-order valence-corrected chi connectivity index (χ3v) is 3.51. The fraction of sp³-hybridized carbons (Fsp3) is 0.211. The molecule has 0 fully saturated rings. The van der Waals surface area contributed by atoms with Crippen molar-refractivity contribution in [1.82, 2.24) is 5.32 Å². The molecule has 0 radical (unpaired) electrons. The van der Waals surface area contributed by atoms with E-state index in [2.05, 4.69) is 10.6 Å². The second-order valence-electron chi connectivity index (χ2n) is 5.36. The zero-order chi connectivity index (χ0) is 18.2. The van der Waals surface area contributed by atoms with Gasteiger partial charge in [-0.25, -0.2) is 4.79 Å². The van der Waals surface area contributed by atoms with Crippen molar-refractivity contribution in [2.75, 3.05) is 11.9 Å². The summed E-state index contributed by atoms with van der Waals surface area (Å²) in [6.45, 7) is 3.81. The van der Waals surface area contributed by atoms with Crippen molar-refractivity contribution in [2.24, 2.45) is 0 Å². The predicted molar refractivity (Wildman–Crippen MR) is 94.0 cm³/mol. The lowest BCUT2D eigenvalue weighted by Crippen LogP contribution is -2.36. The van der Waals surface area contributed by atoms with Crippen molar-refractivity contribution < 1.29 is 19.1 Å². The van der Waals surface area contributed by atoms with E-state index in [4.69, 9.17) is 4.74 Å². The maximum Gasteiger partial charge on any atom is 0.338 e. The first-order valence-electron chi connectivity index (χ1n) is 7.95. The van der Waals surface area contributed by atoms with E-state index < -0.39 is 17.8 Å². The maximum atomic E-state index is 12.0. The zero-order valence-corrected chi connectivity index (χ0v) is 14.1. The van der Waals surface area contributed by atoms with Crippen LogP contribution in [-0.4, -0.2) is 24.4 Å². The third kappa shape index (κ3) is 5.17. The van der Waals surface area contributed by atoms with Crippen LogP contribution in [0, 0.1) is 0 Å². The number of amides is 2. The molecule has 0 aliphatic heterocycles. The fourth-order valence-electron chi connectivity index (χ4n) is 2.18. The number of carbonyl (C=O) groups excluding carboxylic acids is 3. The van der Waals surface area contributed by atoms with Crippen LogP contribution in [0.3, 0.4) is 0 Å². The van der Waals surface area contributed by atoms with E-state index in [-0.39, 0.29) is 12.6 Å². The van der Waals surface area contributed by atoms with E-state index in [0.717, 1.165) is 5.56 Å². The fourth-order valence-corrected chi connectivity index (χ4v) is 2.18. The molecule has 1 atom stereocenters. The highest BCUT2D eigenvalue weighted by molar-refractivity contribution is 6.39. The molecule has 0 bridgehead atoms. The van der Waals surface area contributed by atoms with Crippen LogP contribution in [0.5, 0.6) is 0 Å². The van der Waals surface area contributed by atoms with Crippen LogP contribution >= 0.6 is 0 Å². The number of hydrogen-bond acceptors (Lipinski definition) is 4. The van der Waals surface area contributed by atoms with Gasteiger partial charge in [0.2, 0.25) is 0 Å². The van der Waals surface area contributed by atoms with Crippen LogP contribution in [0.15, 0.2) is 54.6 Å². The number of esters is 1. The monoisotopic (exact) mass is 340 g/mol. The highest BCUT2D eigenvalue weighted by atomic mass is 16.5. The molecule has 2 rings (SSSR count). The molecule has 0 saturated heterocycles. The van der Waals surface area contributed by atoms with Gasteiger partial charge < -0.3 is 15.4 Å².